The smallest absolute Gasteiger partial charge is 0.414 e. The van der Waals surface area contributed by atoms with E-state index in [0.29, 0.717) is 39.4 Å². The molecule has 5 rings (SSSR count). The van der Waals surface area contributed by atoms with E-state index in [1.165, 1.54) is 48.9 Å². The van der Waals surface area contributed by atoms with Gasteiger partial charge in [-0.25, -0.2) is 29.1 Å². The maximum atomic E-state index is 14.9. The number of hydrogen-bond acceptors (Lipinski definition) is 10. The zero-order valence-electron chi connectivity index (χ0n) is 22.1. The number of ether oxygens (including phenoxy) is 3. The monoisotopic (exact) mass is 532 g/mol. The van der Waals surface area contributed by atoms with Gasteiger partial charge in [-0.15, -0.1) is 0 Å². The Balaban J connectivity index is 1.68. The van der Waals surface area contributed by atoms with Gasteiger partial charge < -0.3 is 19.2 Å². The SMILES string of the molecule is Cc1ncc(Oc2nc(Oc3cnc(C)nc3)c3c(n2)[nH]c2c(N(C)C(=O)OC(C)(C)C)cc(F)cc23)cn1. The highest BCUT2D eigenvalue weighted by molar-refractivity contribution is 6.14. The van der Waals surface area contributed by atoms with E-state index in [0.717, 1.165) is 0 Å². The van der Waals surface area contributed by atoms with E-state index in [4.69, 9.17) is 14.2 Å². The first kappa shape index (κ1) is 25.7. The molecule has 0 bridgehead atoms. The van der Waals surface area contributed by atoms with Crippen LogP contribution in [-0.2, 0) is 4.74 Å². The van der Waals surface area contributed by atoms with Gasteiger partial charge in [-0.05, 0) is 46.8 Å². The normalized spacial score (nSPS) is 11.6. The summed E-state index contributed by atoms with van der Waals surface area (Å²) in [4.78, 5) is 42.6. The molecule has 0 fully saturated rings. The molecule has 0 saturated heterocycles. The van der Waals surface area contributed by atoms with Crippen LogP contribution in [0.5, 0.6) is 23.4 Å². The van der Waals surface area contributed by atoms with Gasteiger partial charge in [-0.1, -0.05) is 0 Å². The van der Waals surface area contributed by atoms with Crippen molar-refractivity contribution in [3.63, 3.8) is 0 Å². The standard InChI is InChI=1S/C26H25FN8O4/c1-13-28-9-16(10-29-13)37-23-20-18-7-15(27)8-19(35(6)25(36)39-26(3,4)5)21(18)32-22(20)33-24(34-23)38-17-11-30-14(2)31-12-17/h7-12H,1-6H3,(H,32,33,34). The number of aryl methyl sites for hydroxylation is 2. The van der Waals surface area contributed by atoms with Gasteiger partial charge in [0.15, 0.2) is 11.5 Å². The fraction of sp³-hybridized carbons (Fsp3) is 0.269. The highest BCUT2D eigenvalue weighted by Crippen LogP contribution is 2.39. The van der Waals surface area contributed by atoms with E-state index in [1.807, 2.05) is 0 Å². The van der Waals surface area contributed by atoms with Crippen LogP contribution in [0.3, 0.4) is 0 Å². The Morgan fingerprint density at radius 2 is 1.51 bits per heavy atom. The fourth-order valence-corrected chi connectivity index (χ4v) is 3.69. The number of aromatic nitrogens is 7. The van der Waals surface area contributed by atoms with Crippen molar-refractivity contribution in [2.75, 3.05) is 11.9 Å². The topological polar surface area (TPSA) is 141 Å². The number of aromatic amines is 1. The minimum absolute atomic E-state index is 0.0539. The Kier molecular flexibility index (Phi) is 6.42. The van der Waals surface area contributed by atoms with Gasteiger partial charge in [0.1, 0.15) is 28.7 Å². The third-order valence-corrected chi connectivity index (χ3v) is 5.42. The highest BCUT2D eigenvalue weighted by atomic mass is 19.1. The van der Waals surface area contributed by atoms with E-state index < -0.39 is 17.5 Å². The summed E-state index contributed by atoms with van der Waals surface area (Å²) in [6.07, 6.45) is 5.29. The van der Waals surface area contributed by atoms with Crippen molar-refractivity contribution in [2.24, 2.45) is 0 Å². The summed E-state index contributed by atoms with van der Waals surface area (Å²) >= 11 is 0. The van der Waals surface area contributed by atoms with Crippen molar-refractivity contribution in [1.82, 2.24) is 34.9 Å². The molecule has 0 radical (unpaired) electrons. The van der Waals surface area contributed by atoms with Crippen molar-refractivity contribution in [3.05, 3.63) is 54.4 Å². The second-order valence-corrected chi connectivity index (χ2v) is 9.68. The molecular formula is C26H25FN8O4. The molecule has 5 aromatic rings. The zero-order chi connectivity index (χ0) is 27.9. The lowest BCUT2D eigenvalue weighted by molar-refractivity contribution is 0.0589. The summed E-state index contributed by atoms with van der Waals surface area (Å²) in [5.74, 6) is 1.19. The van der Waals surface area contributed by atoms with Gasteiger partial charge in [0, 0.05) is 12.4 Å². The molecule has 13 heteroatoms. The Hall–Kier alpha value is -4.94. The van der Waals surface area contributed by atoms with Crippen LogP contribution in [0, 0.1) is 19.7 Å². The summed E-state index contributed by atoms with van der Waals surface area (Å²) in [7, 11) is 1.49. The maximum absolute atomic E-state index is 14.9. The first-order chi connectivity index (χ1) is 18.5. The van der Waals surface area contributed by atoms with Crippen LogP contribution < -0.4 is 14.4 Å². The number of hydrogen-bond donors (Lipinski definition) is 1. The average molecular weight is 533 g/mol. The lowest BCUT2D eigenvalue weighted by atomic mass is 10.1. The lowest BCUT2D eigenvalue weighted by Gasteiger charge is -2.25. The number of amides is 1. The third-order valence-electron chi connectivity index (χ3n) is 5.42. The summed E-state index contributed by atoms with van der Waals surface area (Å²) in [5, 5.41) is 0.736. The Morgan fingerprint density at radius 1 is 0.923 bits per heavy atom. The van der Waals surface area contributed by atoms with E-state index in [2.05, 4.69) is 34.9 Å². The van der Waals surface area contributed by atoms with Crippen molar-refractivity contribution in [2.45, 2.75) is 40.2 Å². The van der Waals surface area contributed by atoms with Crippen LogP contribution in [0.15, 0.2) is 36.9 Å². The molecule has 4 heterocycles. The molecule has 0 aliphatic rings. The van der Waals surface area contributed by atoms with Crippen molar-refractivity contribution in [3.8, 4) is 23.4 Å². The number of fused-ring (bicyclic) bond motifs is 3. The van der Waals surface area contributed by atoms with Gasteiger partial charge in [0.2, 0.25) is 5.88 Å². The van der Waals surface area contributed by atoms with Gasteiger partial charge in [0.25, 0.3) is 0 Å². The molecule has 200 valence electrons. The van der Waals surface area contributed by atoms with E-state index in [9.17, 15) is 9.18 Å². The number of H-pyrrole nitrogens is 1. The van der Waals surface area contributed by atoms with Gasteiger partial charge in [-0.3, -0.25) is 4.90 Å². The van der Waals surface area contributed by atoms with Crippen LogP contribution in [0.4, 0.5) is 14.9 Å². The summed E-state index contributed by atoms with van der Waals surface area (Å²) in [6, 6.07) is 2.45. The lowest BCUT2D eigenvalue weighted by Crippen LogP contribution is -2.34. The number of anilines is 1. The molecule has 0 aliphatic carbocycles. The number of carbonyl (C=O) groups excluding carboxylic acids is 1. The van der Waals surface area contributed by atoms with Crippen molar-refractivity contribution < 1.29 is 23.4 Å². The van der Waals surface area contributed by atoms with Crippen molar-refractivity contribution >= 4 is 33.7 Å². The quantitative estimate of drug-likeness (QED) is 0.312. The molecule has 0 spiro atoms. The first-order valence-electron chi connectivity index (χ1n) is 11.9. The van der Waals surface area contributed by atoms with E-state index >= 15 is 0 Å². The Labute approximate surface area is 222 Å². The predicted molar refractivity (Wildman–Crippen MR) is 140 cm³/mol. The summed E-state index contributed by atoms with van der Waals surface area (Å²) in [5.41, 5.74) is 0.175. The fourth-order valence-electron chi connectivity index (χ4n) is 3.69. The number of carbonyl (C=O) groups is 1. The number of nitrogens with zero attached hydrogens (tertiary/aromatic N) is 7. The molecule has 0 unspecified atom stereocenters. The molecule has 1 N–H and O–H groups in total. The minimum atomic E-state index is -0.743. The predicted octanol–water partition coefficient (Wildman–Crippen LogP) is 5.40. The Bertz CT molecular complexity index is 1680. The molecule has 39 heavy (non-hydrogen) atoms. The second-order valence-electron chi connectivity index (χ2n) is 9.68. The number of halogens is 1. The summed E-state index contributed by atoms with van der Waals surface area (Å²) < 4.78 is 32.2. The number of benzene rings is 1. The highest BCUT2D eigenvalue weighted by Gasteiger charge is 2.25. The molecule has 0 aliphatic heterocycles. The van der Waals surface area contributed by atoms with E-state index in [1.54, 1.807) is 34.6 Å². The molecule has 0 saturated carbocycles. The minimum Gasteiger partial charge on any atom is -0.443 e. The van der Waals surface area contributed by atoms with Crippen molar-refractivity contribution in [1.29, 1.82) is 0 Å². The molecule has 0 atom stereocenters. The molecule has 12 nitrogen and oxygen atoms in total. The van der Waals surface area contributed by atoms with Gasteiger partial charge in [0.05, 0.1) is 41.4 Å². The average Bonchev–Trinajstić information content (AvgIpc) is 3.23. The molecule has 1 amide bonds. The van der Waals surface area contributed by atoms with Gasteiger partial charge >= 0.3 is 12.1 Å². The number of rotatable bonds is 5. The Morgan fingerprint density at radius 3 is 2.10 bits per heavy atom. The van der Waals surface area contributed by atoms with Crippen LogP contribution >= 0.6 is 0 Å². The van der Waals surface area contributed by atoms with Crippen LogP contribution in [0.25, 0.3) is 21.9 Å². The van der Waals surface area contributed by atoms with Crippen LogP contribution in [-0.4, -0.2) is 53.6 Å². The largest absolute Gasteiger partial charge is 0.443 e. The first-order valence-corrected chi connectivity index (χ1v) is 11.9. The van der Waals surface area contributed by atoms with E-state index in [-0.39, 0.29) is 23.2 Å². The van der Waals surface area contributed by atoms with Crippen LogP contribution in [0.1, 0.15) is 32.4 Å². The number of nitrogens with one attached hydrogen (secondary N) is 1. The molecule has 1 aromatic carbocycles. The molecular weight excluding hydrogens is 507 g/mol. The van der Waals surface area contributed by atoms with Gasteiger partial charge in [-0.2, -0.15) is 9.97 Å². The van der Waals surface area contributed by atoms with Crippen LogP contribution in [0.2, 0.25) is 0 Å². The maximum Gasteiger partial charge on any atom is 0.414 e. The second kappa shape index (κ2) is 9.74. The zero-order valence-corrected chi connectivity index (χ0v) is 22.1. The third kappa shape index (κ3) is 5.51. The molecule has 4 aromatic heterocycles. The summed E-state index contributed by atoms with van der Waals surface area (Å²) in [6.45, 7) is 8.73.